The molecule has 39 heavy (non-hydrogen) atoms. The Morgan fingerprint density at radius 2 is 1.69 bits per heavy atom. The molecule has 5 rings (SSSR count). The molecule has 0 amide bonds. The second-order valence-electron chi connectivity index (χ2n) is 10.0. The fourth-order valence-corrected chi connectivity index (χ4v) is 6.45. The first-order chi connectivity index (χ1) is 18.7. The normalized spacial score (nSPS) is 22.1. The van der Waals surface area contributed by atoms with Crippen LogP contribution in [0, 0.1) is 0 Å². The van der Waals surface area contributed by atoms with Crippen molar-refractivity contribution < 1.29 is 31.1 Å². The minimum absolute atomic E-state index is 0.00931. The van der Waals surface area contributed by atoms with Gasteiger partial charge < -0.3 is 25.4 Å². The van der Waals surface area contributed by atoms with Crippen LogP contribution in [0.1, 0.15) is 37.7 Å². The Hall–Kier alpha value is -2.68. The molecule has 214 valence electrons. The van der Waals surface area contributed by atoms with Gasteiger partial charge in [-0.05, 0) is 63.0 Å². The average Bonchev–Trinajstić information content (AvgIpc) is 3.42. The molecule has 0 aliphatic carbocycles. The van der Waals surface area contributed by atoms with E-state index in [9.17, 15) is 21.6 Å². The molecule has 3 aliphatic heterocycles. The Kier molecular flexibility index (Phi) is 8.45. The van der Waals surface area contributed by atoms with Crippen molar-refractivity contribution >= 4 is 21.7 Å². The molecule has 0 unspecified atom stereocenters. The minimum atomic E-state index is -4.66. The number of halogens is 3. The Balaban J connectivity index is 1.18. The van der Waals surface area contributed by atoms with E-state index in [0.717, 1.165) is 31.6 Å². The summed E-state index contributed by atoms with van der Waals surface area (Å²) in [6.45, 7) is 3.07. The third-order valence-electron chi connectivity index (χ3n) is 7.21. The lowest BCUT2D eigenvalue weighted by Crippen LogP contribution is -2.42. The molecule has 1 atom stereocenters. The fraction of sp³-hybridized carbons (Fsp3) is 0.600. The van der Waals surface area contributed by atoms with E-state index in [0.29, 0.717) is 38.1 Å². The quantitative estimate of drug-likeness (QED) is 0.440. The topological polar surface area (TPSA) is 118 Å². The zero-order chi connectivity index (χ0) is 27.5. The second kappa shape index (κ2) is 11.8. The lowest BCUT2D eigenvalue weighted by molar-refractivity contribution is -0.139. The minimum Gasteiger partial charge on any atom is -0.471 e. The molecule has 1 aromatic heterocycles. The van der Waals surface area contributed by atoms with Gasteiger partial charge in [-0.25, -0.2) is 13.4 Å². The van der Waals surface area contributed by atoms with Gasteiger partial charge in [-0.2, -0.15) is 22.5 Å². The number of benzene rings is 1. The third-order valence-corrected chi connectivity index (χ3v) is 9.13. The van der Waals surface area contributed by atoms with E-state index in [-0.39, 0.29) is 36.6 Å². The van der Waals surface area contributed by atoms with E-state index in [1.807, 2.05) is 0 Å². The number of hydrogen-bond donors (Lipinski definition) is 3. The summed E-state index contributed by atoms with van der Waals surface area (Å²) in [5, 5.41) is 9.82. The number of ether oxygens (including phenoxy) is 2. The fourth-order valence-electron chi connectivity index (χ4n) is 4.98. The van der Waals surface area contributed by atoms with Crippen LogP contribution in [0.15, 0.2) is 35.4 Å². The number of sulfonamides is 1. The number of rotatable bonds is 8. The maximum Gasteiger partial charge on any atom is 0.423 e. The Labute approximate surface area is 225 Å². The van der Waals surface area contributed by atoms with Gasteiger partial charge in [-0.15, -0.1) is 0 Å². The van der Waals surface area contributed by atoms with Crippen molar-refractivity contribution in [2.75, 3.05) is 50.0 Å². The van der Waals surface area contributed by atoms with Gasteiger partial charge in [0.05, 0.1) is 18.1 Å². The SMILES string of the molecule is O=S(=O)(c1ccc(NC2CCNCC2)cc1)N1CCC(Nc2ncc(C(F)(F)F)c(O[C@H]3CCOC3)n2)CC1. The maximum absolute atomic E-state index is 13.5. The van der Waals surface area contributed by atoms with Crippen LogP contribution in [0.25, 0.3) is 0 Å². The van der Waals surface area contributed by atoms with Crippen molar-refractivity contribution in [1.29, 1.82) is 0 Å². The Morgan fingerprint density at radius 3 is 2.33 bits per heavy atom. The Morgan fingerprint density at radius 1 is 1.00 bits per heavy atom. The molecule has 0 spiro atoms. The van der Waals surface area contributed by atoms with Gasteiger partial charge in [0.1, 0.15) is 11.7 Å². The lowest BCUT2D eigenvalue weighted by atomic mass is 10.1. The number of aromatic nitrogens is 2. The zero-order valence-electron chi connectivity index (χ0n) is 21.4. The largest absolute Gasteiger partial charge is 0.471 e. The number of nitrogens with zero attached hydrogens (tertiary/aromatic N) is 3. The van der Waals surface area contributed by atoms with E-state index in [2.05, 4.69) is 25.9 Å². The number of alkyl halides is 3. The van der Waals surface area contributed by atoms with Gasteiger partial charge in [0, 0.05) is 43.5 Å². The van der Waals surface area contributed by atoms with Gasteiger partial charge in [-0.1, -0.05) is 0 Å². The predicted octanol–water partition coefficient (Wildman–Crippen LogP) is 3.09. The van der Waals surface area contributed by atoms with Crippen LogP contribution in [0.5, 0.6) is 5.88 Å². The third kappa shape index (κ3) is 6.91. The number of anilines is 2. The van der Waals surface area contributed by atoms with E-state index in [1.165, 1.54) is 4.31 Å². The molecular formula is C25H33F3N6O4S. The Bertz CT molecular complexity index is 1210. The monoisotopic (exact) mass is 570 g/mol. The van der Waals surface area contributed by atoms with Crippen LogP contribution >= 0.6 is 0 Å². The number of hydrogen-bond acceptors (Lipinski definition) is 9. The number of piperidine rings is 2. The standard InChI is InChI=1S/C25H33F3N6O4S/c26-25(27,28)22-15-30-24(33-23(22)38-20-9-14-37-16-20)32-19-7-12-34(13-8-19)39(35,36)21-3-1-17(2-4-21)31-18-5-10-29-11-6-18/h1-4,15,18-20,29,31H,5-14,16H2,(H,30,32,33)/t20-/m0/s1. The molecule has 3 aliphatic rings. The number of nitrogens with one attached hydrogen (secondary N) is 3. The van der Waals surface area contributed by atoms with Crippen molar-refractivity contribution in [3.63, 3.8) is 0 Å². The van der Waals surface area contributed by atoms with E-state index in [1.54, 1.807) is 24.3 Å². The van der Waals surface area contributed by atoms with Gasteiger partial charge >= 0.3 is 6.18 Å². The van der Waals surface area contributed by atoms with Crippen LogP contribution in [0.4, 0.5) is 24.8 Å². The summed E-state index contributed by atoms with van der Waals surface area (Å²) in [6, 6.07) is 7.00. The molecule has 14 heteroatoms. The molecule has 0 bridgehead atoms. The second-order valence-corrected chi connectivity index (χ2v) is 12.0. The highest BCUT2D eigenvalue weighted by Gasteiger charge is 2.38. The summed E-state index contributed by atoms with van der Waals surface area (Å²) in [4.78, 5) is 8.08. The summed E-state index contributed by atoms with van der Waals surface area (Å²) in [5.74, 6) is -0.524. The summed E-state index contributed by atoms with van der Waals surface area (Å²) in [5.41, 5.74) is -0.151. The maximum atomic E-state index is 13.5. The first-order valence-electron chi connectivity index (χ1n) is 13.2. The molecule has 2 aromatic rings. The van der Waals surface area contributed by atoms with Crippen LogP contribution in [-0.2, 0) is 20.9 Å². The molecule has 4 heterocycles. The van der Waals surface area contributed by atoms with Crippen molar-refractivity contribution in [3.05, 3.63) is 36.0 Å². The summed E-state index contributed by atoms with van der Waals surface area (Å²) in [6.07, 6.45) is -1.03. The first kappa shape index (κ1) is 27.9. The molecule has 3 N–H and O–H groups in total. The van der Waals surface area contributed by atoms with E-state index >= 15 is 0 Å². The van der Waals surface area contributed by atoms with Crippen molar-refractivity contribution in [1.82, 2.24) is 19.6 Å². The molecule has 3 saturated heterocycles. The van der Waals surface area contributed by atoms with Gasteiger partial charge in [0.2, 0.25) is 21.9 Å². The highest BCUT2D eigenvalue weighted by atomic mass is 32.2. The van der Waals surface area contributed by atoms with Crippen LogP contribution < -0.4 is 20.7 Å². The van der Waals surface area contributed by atoms with Crippen LogP contribution in [-0.4, -0.2) is 80.3 Å². The predicted molar refractivity (Wildman–Crippen MR) is 138 cm³/mol. The van der Waals surface area contributed by atoms with Crippen molar-refractivity contribution in [2.24, 2.45) is 0 Å². The molecule has 1 aromatic carbocycles. The summed E-state index contributed by atoms with van der Waals surface area (Å²) < 4.78 is 78.9. The van der Waals surface area contributed by atoms with Crippen molar-refractivity contribution in [2.45, 2.75) is 61.4 Å². The highest BCUT2D eigenvalue weighted by molar-refractivity contribution is 7.89. The van der Waals surface area contributed by atoms with Crippen LogP contribution in [0.3, 0.4) is 0 Å². The van der Waals surface area contributed by atoms with Gasteiger partial charge in [0.15, 0.2) is 0 Å². The summed E-state index contributed by atoms with van der Waals surface area (Å²) >= 11 is 0. The molecule has 0 radical (unpaired) electrons. The molecule has 3 fully saturated rings. The van der Waals surface area contributed by atoms with Gasteiger partial charge in [0.25, 0.3) is 0 Å². The first-order valence-corrected chi connectivity index (χ1v) is 14.6. The molecule has 10 nitrogen and oxygen atoms in total. The zero-order valence-corrected chi connectivity index (χ0v) is 22.2. The highest BCUT2D eigenvalue weighted by Crippen LogP contribution is 2.36. The van der Waals surface area contributed by atoms with E-state index in [4.69, 9.17) is 9.47 Å². The summed E-state index contributed by atoms with van der Waals surface area (Å²) in [7, 11) is -3.67. The van der Waals surface area contributed by atoms with Crippen LogP contribution in [0.2, 0.25) is 0 Å². The van der Waals surface area contributed by atoms with Gasteiger partial charge in [-0.3, -0.25) is 0 Å². The smallest absolute Gasteiger partial charge is 0.423 e. The lowest BCUT2D eigenvalue weighted by Gasteiger charge is -2.31. The molecular weight excluding hydrogens is 537 g/mol. The van der Waals surface area contributed by atoms with E-state index < -0.39 is 33.7 Å². The average molecular weight is 571 g/mol. The van der Waals surface area contributed by atoms with Crippen molar-refractivity contribution in [3.8, 4) is 5.88 Å². The molecule has 0 saturated carbocycles.